The molecule has 0 saturated carbocycles. The summed E-state index contributed by atoms with van der Waals surface area (Å²) in [6.07, 6.45) is 1.67. The third-order valence-electron chi connectivity index (χ3n) is 1.79. The quantitative estimate of drug-likeness (QED) is 0.739. The maximum Gasteiger partial charge on any atom is 0.354 e. The standard InChI is InChI=1S/C10H12O4S/c1-12-7-4-5-9(13-2)8(6-7)10(11)14-15-3/h4-6H,1-3H3. The predicted molar refractivity (Wildman–Crippen MR) is 58.5 cm³/mol. The van der Waals surface area contributed by atoms with Gasteiger partial charge in [0.15, 0.2) is 0 Å². The number of hydrogen-bond acceptors (Lipinski definition) is 5. The average molecular weight is 228 g/mol. The minimum absolute atomic E-state index is 0.353. The molecule has 0 saturated heterocycles. The Balaban J connectivity index is 3.05. The fourth-order valence-electron chi connectivity index (χ4n) is 1.09. The number of carbonyl (C=O) groups excluding carboxylic acids is 1. The largest absolute Gasteiger partial charge is 0.497 e. The van der Waals surface area contributed by atoms with Crippen LogP contribution in [0.4, 0.5) is 0 Å². The number of hydrogen-bond donors (Lipinski definition) is 0. The van der Waals surface area contributed by atoms with Crippen LogP contribution in [0.3, 0.4) is 0 Å². The number of carbonyl (C=O) groups is 1. The van der Waals surface area contributed by atoms with E-state index in [2.05, 4.69) is 0 Å². The van der Waals surface area contributed by atoms with Crippen molar-refractivity contribution in [3.8, 4) is 11.5 Å². The number of ether oxygens (including phenoxy) is 2. The van der Waals surface area contributed by atoms with Crippen LogP contribution < -0.4 is 9.47 Å². The minimum Gasteiger partial charge on any atom is -0.497 e. The summed E-state index contributed by atoms with van der Waals surface area (Å²) < 4.78 is 14.9. The molecule has 1 aromatic carbocycles. The summed E-state index contributed by atoms with van der Waals surface area (Å²) in [5, 5.41) is 0. The second kappa shape index (κ2) is 5.50. The first kappa shape index (κ1) is 11.7. The Bertz CT molecular complexity index is 351. The normalized spacial score (nSPS) is 9.53. The molecule has 0 aromatic heterocycles. The molecule has 0 aliphatic carbocycles. The molecule has 0 amide bonds. The van der Waals surface area contributed by atoms with E-state index in [0.29, 0.717) is 17.1 Å². The fraction of sp³-hybridized carbons (Fsp3) is 0.300. The molecular weight excluding hydrogens is 216 g/mol. The number of methoxy groups -OCH3 is 2. The van der Waals surface area contributed by atoms with Gasteiger partial charge < -0.3 is 13.7 Å². The van der Waals surface area contributed by atoms with Gasteiger partial charge in [-0.1, -0.05) is 0 Å². The molecule has 1 rings (SSSR count). The Morgan fingerprint density at radius 3 is 2.53 bits per heavy atom. The van der Waals surface area contributed by atoms with Crippen LogP contribution in [-0.4, -0.2) is 26.4 Å². The van der Waals surface area contributed by atoms with Crippen LogP contribution in [0.5, 0.6) is 11.5 Å². The molecule has 0 atom stereocenters. The molecule has 15 heavy (non-hydrogen) atoms. The van der Waals surface area contributed by atoms with E-state index in [4.69, 9.17) is 13.7 Å². The molecule has 82 valence electrons. The Hall–Kier alpha value is -1.36. The molecule has 0 unspecified atom stereocenters. The lowest BCUT2D eigenvalue weighted by molar-refractivity contribution is 0.0765. The van der Waals surface area contributed by atoms with Crippen molar-refractivity contribution in [2.75, 3.05) is 20.5 Å². The van der Waals surface area contributed by atoms with Gasteiger partial charge in [-0.15, -0.1) is 0 Å². The minimum atomic E-state index is -0.446. The van der Waals surface area contributed by atoms with Crippen molar-refractivity contribution in [3.05, 3.63) is 23.8 Å². The molecule has 1 aromatic rings. The van der Waals surface area contributed by atoms with E-state index in [1.807, 2.05) is 0 Å². The van der Waals surface area contributed by atoms with Gasteiger partial charge in [0.2, 0.25) is 0 Å². The monoisotopic (exact) mass is 228 g/mol. The van der Waals surface area contributed by atoms with Crippen LogP contribution in [0.25, 0.3) is 0 Å². The van der Waals surface area contributed by atoms with E-state index in [1.165, 1.54) is 14.2 Å². The Kier molecular flexibility index (Phi) is 4.30. The Morgan fingerprint density at radius 2 is 2.00 bits per heavy atom. The van der Waals surface area contributed by atoms with Crippen LogP contribution in [0.15, 0.2) is 18.2 Å². The van der Waals surface area contributed by atoms with Gasteiger partial charge in [-0.05, 0) is 18.2 Å². The highest BCUT2D eigenvalue weighted by Crippen LogP contribution is 2.25. The van der Waals surface area contributed by atoms with Gasteiger partial charge in [0.05, 0.1) is 26.3 Å². The lowest BCUT2D eigenvalue weighted by atomic mass is 10.2. The highest BCUT2D eigenvalue weighted by atomic mass is 32.2. The molecule has 5 heteroatoms. The summed E-state index contributed by atoms with van der Waals surface area (Å²) in [6.45, 7) is 0. The summed E-state index contributed by atoms with van der Waals surface area (Å²) in [4.78, 5) is 11.5. The molecule has 0 heterocycles. The number of benzene rings is 1. The predicted octanol–water partition coefficient (Wildman–Crippen LogP) is 2.14. The highest BCUT2D eigenvalue weighted by molar-refractivity contribution is 7.94. The highest BCUT2D eigenvalue weighted by Gasteiger charge is 2.14. The lowest BCUT2D eigenvalue weighted by Gasteiger charge is -2.08. The molecule has 4 nitrogen and oxygen atoms in total. The van der Waals surface area contributed by atoms with Crippen LogP contribution in [0.2, 0.25) is 0 Å². The fourth-order valence-corrected chi connectivity index (χ4v) is 1.34. The summed E-state index contributed by atoms with van der Waals surface area (Å²) in [7, 11) is 3.03. The van der Waals surface area contributed by atoms with Crippen molar-refractivity contribution >= 4 is 18.0 Å². The SMILES string of the molecule is COc1ccc(OC)c(C(=O)OSC)c1. The van der Waals surface area contributed by atoms with Gasteiger partial charge in [-0.3, -0.25) is 0 Å². The summed E-state index contributed by atoms with van der Waals surface area (Å²) in [5.41, 5.74) is 0.353. The van der Waals surface area contributed by atoms with Crippen molar-refractivity contribution in [2.24, 2.45) is 0 Å². The van der Waals surface area contributed by atoms with Crippen molar-refractivity contribution in [2.45, 2.75) is 0 Å². The van der Waals surface area contributed by atoms with Gasteiger partial charge in [0, 0.05) is 6.26 Å². The first-order valence-electron chi connectivity index (χ1n) is 4.20. The second-order valence-corrected chi connectivity index (χ2v) is 3.10. The third-order valence-corrected chi connectivity index (χ3v) is 2.10. The van der Waals surface area contributed by atoms with Gasteiger partial charge in [-0.2, -0.15) is 0 Å². The molecule has 0 fully saturated rings. The second-order valence-electron chi connectivity index (χ2n) is 2.60. The Morgan fingerprint density at radius 1 is 1.27 bits per heavy atom. The topological polar surface area (TPSA) is 44.8 Å². The van der Waals surface area contributed by atoms with Gasteiger partial charge in [0.25, 0.3) is 0 Å². The van der Waals surface area contributed by atoms with E-state index >= 15 is 0 Å². The van der Waals surface area contributed by atoms with Crippen molar-refractivity contribution in [1.82, 2.24) is 0 Å². The zero-order valence-electron chi connectivity index (χ0n) is 8.77. The molecular formula is C10H12O4S. The molecule has 0 N–H and O–H groups in total. The average Bonchev–Trinajstić information content (AvgIpc) is 2.28. The van der Waals surface area contributed by atoms with Gasteiger partial charge >= 0.3 is 5.97 Å². The first-order valence-corrected chi connectivity index (χ1v) is 5.35. The maximum absolute atomic E-state index is 11.5. The van der Waals surface area contributed by atoms with Gasteiger partial charge in [0.1, 0.15) is 17.1 Å². The molecule has 0 bridgehead atoms. The molecule has 0 aliphatic rings. The van der Waals surface area contributed by atoms with Crippen LogP contribution in [0, 0.1) is 0 Å². The van der Waals surface area contributed by atoms with Crippen molar-refractivity contribution < 1.29 is 18.5 Å². The van der Waals surface area contributed by atoms with E-state index in [0.717, 1.165) is 12.0 Å². The van der Waals surface area contributed by atoms with Gasteiger partial charge in [-0.25, -0.2) is 4.79 Å². The zero-order chi connectivity index (χ0) is 11.3. The van der Waals surface area contributed by atoms with Crippen molar-refractivity contribution in [1.29, 1.82) is 0 Å². The number of rotatable bonds is 4. The summed E-state index contributed by atoms with van der Waals surface area (Å²) in [5.74, 6) is 0.608. The summed E-state index contributed by atoms with van der Waals surface area (Å²) >= 11 is 0.991. The molecule has 0 radical (unpaired) electrons. The molecule has 0 aliphatic heterocycles. The first-order chi connectivity index (χ1) is 7.22. The molecule has 0 spiro atoms. The summed E-state index contributed by atoms with van der Waals surface area (Å²) in [6, 6.07) is 4.96. The van der Waals surface area contributed by atoms with E-state index < -0.39 is 5.97 Å². The van der Waals surface area contributed by atoms with Crippen LogP contribution in [-0.2, 0) is 4.18 Å². The lowest BCUT2D eigenvalue weighted by Crippen LogP contribution is -2.03. The zero-order valence-corrected chi connectivity index (χ0v) is 9.59. The van der Waals surface area contributed by atoms with E-state index in [-0.39, 0.29) is 0 Å². The van der Waals surface area contributed by atoms with E-state index in [1.54, 1.807) is 24.5 Å². The van der Waals surface area contributed by atoms with E-state index in [9.17, 15) is 4.79 Å². The third kappa shape index (κ3) is 2.79. The van der Waals surface area contributed by atoms with Crippen LogP contribution in [0.1, 0.15) is 10.4 Å². The van der Waals surface area contributed by atoms with Crippen LogP contribution >= 0.6 is 12.0 Å². The van der Waals surface area contributed by atoms with Crippen molar-refractivity contribution in [3.63, 3.8) is 0 Å². The Labute approximate surface area is 92.7 Å². The smallest absolute Gasteiger partial charge is 0.354 e. The maximum atomic E-state index is 11.5.